The quantitative estimate of drug-likeness (QED) is 0.449. The van der Waals surface area contributed by atoms with Crippen molar-refractivity contribution in [3.8, 4) is 0 Å². The SMILES string of the molecule is CC1CC(C)C2=C1CCC2. The topological polar surface area (TPSA) is 0 Å². The maximum atomic E-state index is 2.39. The van der Waals surface area contributed by atoms with E-state index in [2.05, 4.69) is 13.8 Å². The Kier molecular flexibility index (Phi) is 1.36. The van der Waals surface area contributed by atoms with Crippen molar-refractivity contribution in [2.24, 2.45) is 11.8 Å². The highest BCUT2D eigenvalue weighted by Gasteiger charge is 2.30. The van der Waals surface area contributed by atoms with Gasteiger partial charge in [0.05, 0.1) is 0 Å². The normalized spacial score (nSPS) is 39.0. The van der Waals surface area contributed by atoms with Gasteiger partial charge in [-0.2, -0.15) is 0 Å². The van der Waals surface area contributed by atoms with Crippen LogP contribution in [0.15, 0.2) is 11.1 Å². The highest BCUT2D eigenvalue weighted by atomic mass is 14.4. The third-order valence-electron chi connectivity index (χ3n) is 3.20. The Labute approximate surface area is 63.3 Å². The third-order valence-corrected chi connectivity index (χ3v) is 3.20. The molecule has 0 nitrogen and oxygen atoms in total. The van der Waals surface area contributed by atoms with Crippen LogP contribution in [0.4, 0.5) is 0 Å². The van der Waals surface area contributed by atoms with Gasteiger partial charge in [0.25, 0.3) is 0 Å². The van der Waals surface area contributed by atoms with Crippen molar-refractivity contribution >= 4 is 0 Å². The van der Waals surface area contributed by atoms with E-state index in [1.54, 1.807) is 0 Å². The largest absolute Gasteiger partial charge is 0.0679 e. The summed E-state index contributed by atoms with van der Waals surface area (Å²) in [7, 11) is 0. The van der Waals surface area contributed by atoms with Gasteiger partial charge in [0, 0.05) is 0 Å². The van der Waals surface area contributed by atoms with E-state index < -0.39 is 0 Å². The van der Waals surface area contributed by atoms with Crippen LogP contribution in [0.5, 0.6) is 0 Å². The van der Waals surface area contributed by atoms with E-state index in [4.69, 9.17) is 0 Å². The fourth-order valence-corrected chi connectivity index (χ4v) is 2.73. The standard InChI is InChI=1S/C10H16/c1-7-6-8(2)10-5-3-4-9(7)10/h7-8H,3-6H2,1-2H3. The molecule has 0 saturated heterocycles. The lowest BCUT2D eigenvalue weighted by Gasteiger charge is -2.07. The highest BCUT2D eigenvalue weighted by Crippen LogP contribution is 2.45. The second-order valence-electron chi connectivity index (χ2n) is 3.94. The molecule has 0 radical (unpaired) electrons. The summed E-state index contributed by atoms with van der Waals surface area (Å²) in [6.07, 6.45) is 5.71. The zero-order valence-electron chi connectivity index (χ0n) is 6.98. The molecule has 0 amide bonds. The van der Waals surface area contributed by atoms with E-state index in [1.807, 2.05) is 11.1 Å². The van der Waals surface area contributed by atoms with Crippen molar-refractivity contribution in [2.75, 3.05) is 0 Å². The molecule has 0 N–H and O–H groups in total. The number of hydrogen-bond acceptors (Lipinski definition) is 0. The van der Waals surface area contributed by atoms with Crippen molar-refractivity contribution in [3.63, 3.8) is 0 Å². The van der Waals surface area contributed by atoms with Gasteiger partial charge >= 0.3 is 0 Å². The van der Waals surface area contributed by atoms with Gasteiger partial charge in [-0.25, -0.2) is 0 Å². The van der Waals surface area contributed by atoms with Gasteiger partial charge in [0.1, 0.15) is 0 Å². The molecule has 0 heteroatoms. The summed E-state index contributed by atoms with van der Waals surface area (Å²) < 4.78 is 0. The molecule has 0 aromatic carbocycles. The summed E-state index contributed by atoms with van der Waals surface area (Å²) >= 11 is 0. The van der Waals surface area contributed by atoms with Crippen LogP contribution in [-0.4, -0.2) is 0 Å². The highest BCUT2D eigenvalue weighted by molar-refractivity contribution is 5.28. The minimum absolute atomic E-state index is 0.924. The summed E-state index contributed by atoms with van der Waals surface area (Å²) in [5.41, 5.74) is 3.65. The molecule has 0 fully saturated rings. The molecule has 2 rings (SSSR count). The molecule has 0 aromatic heterocycles. The van der Waals surface area contributed by atoms with E-state index >= 15 is 0 Å². The fraction of sp³-hybridized carbons (Fsp3) is 0.800. The summed E-state index contributed by atoms with van der Waals surface area (Å²) in [6, 6.07) is 0. The van der Waals surface area contributed by atoms with E-state index in [0.717, 1.165) is 11.8 Å². The number of allylic oxidation sites excluding steroid dienone is 2. The van der Waals surface area contributed by atoms with E-state index in [-0.39, 0.29) is 0 Å². The van der Waals surface area contributed by atoms with Crippen LogP contribution in [0.25, 0.3) is 0 Å². The lowest BCUT2D eigenvalue weighted by atomic mass is 9.98. The van der Waals surface area contributed by atoms with Gasteiger partial charge in [-0.05, 0) is 37.5 Å². The Morgan fingerprint density at radius 3 is 2.00 bits per heavy atom. The smallest absolute Gasteiger partial charge is 0.0223 e. The molecule has 0 saturated carbocycles. The maximum absolute atomic E-state index is 2.39. The number of hydrogen-bond donors (Lipinski definition) is 0. The Hall–Kier alpha value is -0.260. The van der Waals surface area contributed by atoms with Crippen LogP contribution >= 0.6 is 0 Å². The summed E-state index contributed by atoms with van der Waals surface area (Å²) in [6.45, 7) is 4.79. The molecule has 10 heavy (non-hydrogen) atoms. The Morgan fingerprint density at radius 2 is 1.50 bits per heavy atom. The molecule has 2 atom stereocenters. The molecule has 2 aliphatic rings. The molecular weight excluding hydrogens is 120 g/mol. The number of rotatable bonds is 0. The Morgan fingerprint density at radius 1 is 1.00 bits per heavy atom. The van der Waals surface area contributed by atoms with Gasteiger partial charge in [0.2, 0.25) is 0 Å². The van der Waals surface area contributed by atoms with Crippen LogP contribution in [0.3, 0.4) is 0 Å². The van der Waals surface area contributed by atoms with Crippen LogP contribution < -0.4 is 0 Å². The van der Waals surface area contributed by atoms with E-state index in [0.29, 0.717) is 0 Å². The minimum Gasteiger partial charge on any atom is -0.0679 e. The predicted octanol–water partition coefficient (Wildman–Crippen LogP) is 3.14. The lowest BCUT2D eigenvalue weighted by molar-refractivity contribution is 0.533. The Bertz CT molecular complexity index is 158. The van der Waals surface area contributed by atoms with Crippen molar-refractivity contribution in [1.29, 1.82) is 0 Å². The second-order valence-corrected chi connectivity index (χ2v) is 3.94. The molecule has 0 aliphatic heterocycles. The zero-order valence-corrected chi connectivity index (χ0v) is 6.98. The average Bonchev–Trinajstić information content (AvgIpc) is 2.39. The van der Waals surface area contributed by atoms with Gasteiger partial charge in [0.15, 0.2) is 0 Å². The first-order chi connectivity index (χ1) is 4.79. The molecule has 0 bridgehead atoms. The van der Waals surface area contributed by atoms with Gasteiger partial charge < -0.3 is 0 Å². The first-order valence-electron chi connectivity index (χ1n) is 4.51. The predicted molar refractivity (Wildman–Crippen MR) is 43.8 cm³/mol. The minimum atomic E-state index is 0.924. The van der Waals surface area contributed by atoms with Crippen molar-refractivity contribution < 1.29 is 0 Å². The maximum Gasteiger partial charge on any atom is -0.0223 e. The molecule has 0 heterocycles. The van der Waals surface area contributed by atoms with E-state index in [9.17, 15) is 0 Å². The van der Waals surface area contributed by atoms with Crippen LogP contribution in [0, 0.1) is 11.8 Å². The fourth-order valence-electron chi connectivity index (χ4n) is 2.73. The Balaban J connectivity index is 2.27. The van der Waals surface area contributed by atoms with Crippen molar-refractivity contribution in [3.05, 3.63) is 11.1 Å². The monoisotopic (exact) mass is 136 g/mol. The van der Waals surface area contributed by atoms with E-state index in [1.165, 1.54) is 25.7 Å². The van der Waals surface area contributed by atoms with Gasteiger partial charge in [-0.3, -0.25) is 0 Å². The van der Waals surface area contributed by atoms with Crippen molar-refractivity contribution in [2.45, 2.75) is 39.5 Å². The second kappa shape index (κ2) is 2.11. The third kappa shape index (κ3) is 0.744. The van der Waals surface area contributed by atoms with Crippen LogP contribution in [0.1, 0.15) is 39.5 Å². The van der Waals surface area contributed by atoms with Crippen molar-refractivity contribution in [1.82, 2.24) is 0 Å². The molecule has 2 unspecified atom stereocenters. The molecule has 0 aromatic rings. The van der Waals surface area contributed by atoms with Gasteiger partial charge in [-0.15, -0.1) is 0 Å². The lowest BCUT2D eigenvalue weighted by Crippen LogP contribution is -1.95. The molecule has 56 valence electrons. The molecule has 2 aliphatic carbocycles. The average molecular weight is 136 g/mol. The molecule has 0 spiro atoms. The summed E-state index contributed by atoms with van der Waals surface area (Å²) in [4.78, 5) is 0. The first kappa shape index (κ1) is 6.45. The van der Waals surface area contributed by atoms with Crippen LogP contribution in [-0.2, 0) is 0 Å². The summed E-state index contributed by atoms with van der Waals surface area (Å²) in [5.74, 6) is 1.85. The molecular formula is C10H16. The summed E-state index contributed by atoms with van der Waals surface area (Å²) in [5, 5.41) is 0. The van der Waals surface area contributed by atoms with Crippen LogP contribution in [0.2, 0.25) is 0 Å². The zero-order chi connectivity index (χ0) is 7.14. The van der Waals surface area contributed by atoms with Gasteiger partial charge in [-0.1, -0.05) is 25.0 Å². The first-order valence-corrected chi connectivity index (χ1v) is 4.51.